The van der Waals surface area contributed by atoms with Gasteiger partial charge in [-0.1, -0.05) is 31.2 Å². The van der Waals surface area contributed by atoms with Gasteiger partial charge in [0.05, 0.1) is 6.20 Å². The topological polar surface area (TPSA) is 67.2 Å². The van der Waals surface area contributed by atoms with E-state index in [1.165, 1.54) is 35.5 Å². The van der Waals surface area contributed by atoms with Crippen LogP contribution in [0, 0.1) is 5.92 Å². The molecule has 0 amide bonds. The van der Waals surface area contributed by atoms with Crippen LogP contribution < -0.4 is 4.72 Å². The molecule has 1 aliphatic rings. The van der Waals surface area contributed by atoms with Crippen molar-refractivity contribution in [3.63, 3.8) is 0 Å². The first-order valence-electron chi connectivity index (χ1n) is 8.71. The first-order chi connectivity index (χ1) is 11.9. The van der Waals surface area contributed by atoms with Crippen LogP contribution in [0.5, 0.6) is 0 Å². The van der Waals surface area contributed by atoms with Crippen molar-refractivity contribution >= 4 is 10.0 Å². The van der Waals surface area contributed by atoms with Gasteiger partial charge in [-0.2, -0.15) is 5.10 Å². The molecule has 1 aromatic carbocycles. The van der Waals surface area contributed by atoms with E-state index in [0.717, 1.165) is 31.1 Å². The number of nitrogens with zero attached hydrogens (tertiary/aromatic N) is 3. The molecule has 0 aliphatic carbocycles. The number of benzene rings is 1. The van der Waals surface area contributed by atoms with Crippen molar-refractivity contribution < 1.29 is 8.42 Å². The van der Waals surface area contributed by atoms with Crippen molar-refractivity contribution in [2.24, 2.45) is 13.0 Å². The Balaban J connectivity index is 1.54. The van der Waals surface area contributed by atoms with E-state index in [1.54, 1.807) is 7.05 Å². The standard InChI is InChI=1S/C18H26N4O2S/c1-15-7-9-22(10-8-15)13-17-5-3-16(4-6-17)11-20-25(23,24)18-12-19-21(2)14-18/h3-6,12,14-15,20H,7-11,13H2,1-2H3. The van der Waals surface area contributed by atoms with Gasteiger partial charge in [0.15, 0.2) is 0 Å². The van der Waals surface area contributed by atoms with E-state index in [2.05, 4.69) is 33.8 Å². The molecule has 0 unspecified atom stereocenters. The van der Waals surface area contributed by atoms with E-state index in [4.69, 9.17) is 0 Å². The van der Waals surface area contributed by atoms with Crippen molar-refractivity contribution in [3.05, 3.63) is 47.8 Å². The van der Waals surface area contributed by atoms with Gasteiger partial charge >= 0.3 is 0 Å². The Hall–Kier alpha value is -1.70. The second-order valence-corrected chi connectivity index (χ2v) is 8.72. The van der Waals surface area contributed by atoms with Crippen molar-refractivity contribution in [3.8, 4) is 0 Å². The number of hydrogen-bond donors (Lipinski definition) is 1. The molecule has 7 heteroatoms. The normalized spacial score (nSPS) is 17.0. The molecule has 0 bridgehead atoms. The minimum absolute atomic E-state index is 0.186. The first-order valence-corrected chi connectivity index (χ1v) is 10.2. The van der Waals surface area contributed by atoms with Crippen molar-refractivity contribution in [2.75, 3.05) is 13.1 Å². The monoisotopic (exact) mass is 362 g/mol. The van der Waals surface area contributed by atoms with Gasteiger partial charge < -0.3 is 0 Å². The van der Waals surface area contributed by atoms with E-state index < -0.39 is 10.0 Å². The van der Waals surface area contributed by atoms with Gasteiger partial charge in [0, 0.05) is 26.3 Å². The second-order valence-electron chi connectivity index (χ2n) is 6.95. The number of aromatic nitrogens is 2. The zero-order valence-corrected chi connectivity index (χ0v) is 15.7. The molecule has 3 rings (SSSR count). The maximum atomic E-state index is 12.2. The molecule has 0 spiro atoms. The third-order valence-electron chi connectivity index (χ3n) is 4.76. The molecule has 136 valence electrons. The molecule has 1 aromatic heterocycles. The summed E-state index contributed by atoms with van der Waals surface area (Å²) in [6, 6.07) is 8.17. The summed E-state index contributed by atoms with van der Waals surface area (Å²) in [5.74, 6) is 0.839. The lowest BCUT2D eigenvalue weighted by molar-refractivity contribution is 0.185. The molecule has 0 radical (unpaired) electrons. The Kier molecular flexibility index (Phi) is 5.56. The van der Waals surface area contributed by atoms with Crippen molar-refractivity contribution in [2.45, 2.75) is 37.8 Å². The summed E-state index contributed by atoms with van der Waals surface area (Å²) in [4.78, 5) is 2.67. The molecule has 1 fully saturated rings. The number of sulfonamides is 1. The molecule has 25 heavy (non-hydrogen) atoms. The largest absolute Gasteiger partial charge is 0.299 e. The van der Waals surface area contributed by atoms with Crippen LogP contribution >= 0.6 is 0 Å². The average Bonchev–Trinajstić information content (AvgIpc) is 3.04. The lowest BCUT2D eigenvalue weighted by Crippen LogP contribution is -2.32. The van der Waals surface area contributed by atoms with Crippen LogP contribution in [0.25, 0.3) is 0 Å². The average molecular weight is 362 g/mol. The lowest BCUT2D eigenvalue weighted by Gasteiger charge is -2.30. The molecular weight excluding hydrogens is 336 g/mol. The molecule has 2 aromatic rings. The van der Waals surface area contributed by atoms with Crippen LogP contribution in [0.2, 0.25) is 0 Å². The van der Waals surface area contributed by atoms with Gasteiger partial charge in [0.1, 0.15) is 4.90 Å². The highest BCUT2D eigenvalue weighted by atomic mass is 32.2. The number of piperidine rings is 1. The van der Waals surface area contributed by atoms with Gasteiger partial charge in [-0.15, -0.1) is 0 Å². The van der Waals surface area contributed by atoms with Crippen LogP contribution in [0.4, 0.5) is 0 Å². The lowest BCUT2D eigenvalue weighted by atomic mass is 9.99. The third-order valence-corrected chi connectivity index (χ3v) is 6.12. The van der Waals surface area contributed by atoms with Gasteiger partial charge in [0.25, 0.3) is 0 Å². The fourth-order valence-corrected chi connectivity index (χ4v) is 4.04. The number of rotatable bonds is 6. The Morgan fingerprint density at radius 3 is 2.40 bits per heavy atom. The fourth-order valence-electron chi connectivity index (χ4n) is 3.04. The third kappa shape index (κ3) is 4.90. The predicted molar refractivity (Wildman–Crippen MR) is 97.4 cm³/mol. The zero-order chi connectivity index (χ0) is 17.9. The highest BCUT2D eigenvalue weighted by molar-refractivity contribution is 7.89. The Morgan fingerprint density at radius 2 is 1.80 bits per heavy atom. The van der Waals surface area contributed by atoms with Gasteiger partial charge in [-0.05, 0) is 43.0 Å². The van der Waals surface area contributed by atoms with Gasteiger partial charge in [-0.3, -0.25) is 9.58 Å². The number of nitrogens with one attached hydrogen (secondary N) is 1. The highest BCUT2D eigenvalue weighted by Gasteiger charge is 2.17. The molecule has 0 atom stereocenters. The first kappa shape index (κ1) is 18.1. The number of hydrogen-bond acceptors (Lipinski definition) is 4. The van der Waals surface area contributed by atoms with Gasteiger partial charge in [-0.25, -0.2) is 13.1 Å². The summed E-state index contributed by atoms with van der Waals surface area (Å²) in [7, 11) is -1.82. The maximum Gasteiger partial charge on any atom is 0.243 e. The van der Waals surface area contributed by atoms with Crippen LogP contribution in [0.1, 0.15) is 30.9 Å². The van der Waals surface area contributed by atoms with Crippen LogP contribution in [-0.2, 0) is 30.2 Å². The smallest absolute Gasteiger partial charge is 0.243 e. The Labute approximate surface area is 149 Å². The summed E-state index contributed by atoms with van der Waals surface area (Å²) in [5.41, 5.74) is 2.22. The van der Waals surface area contributed by atoms with Gasteiger partial charge in [0.2, 0.25) is 10.0 Å². The minimum Gasteiger partial charge on any atom is -0.299 e. The van der Waals surface area contributed by atoms with Crippen LogP contribution in [0.3, 0.4) is 0 Å². The van der Waals surface area contributed by atoms with Crippen LogP contribution in [-0.4, -0.2) is 36.2 Å². The summed E-state index contributed by atoms with van der Waals surface area (Å²) in [5, 5.41) is 3.90. The molecular formula is C18H26N4O2S. The van der Waals surface area contributed by atoms with E-state index >= 15 is 0 Å². The summed E-state index contributed by atoms with van der Waals surface area (Å²) < 4.78 is 28.5. The highest BCUT2D eigenvalue weighted by Crippen LogP contribution is 2.18. The van der Waals surface area contributed by atoms with E-state index in [1.807, 2.05) is 12.1 Å². The second kappa shape index (κ2) is 7.68. The molecule has 0 saturated carbocycles. The molecule has 1 N–H and O–H groups in total. The Morgan fingerprint density at radius 1 is 1.16 bits per heavy atom. The number of likely N-dealkylation sites (tertiary alicyclic amines) is 1. The van der Waals surface area contributed by atoms with Crippen molar-refractivity contribution in [1.82, 2.24) is 19.4 Å². The van der Waals surface area contributed by atoms with E-state index in [9.17, 15) is 8.42 Å². The maximum absolute atomic E-state index is 12.2. The summed E-state index contributed by atoms with van der Waals surface area (Å²) in [6.45, 7) is 5.88. The Bertz CT molecular complexity index is 791. The molecule has 1 saturated heterocycles. The fraction of sp³-hybridized carbons (Fsp3) is 0.500. The molecule has 1 aliphatic heterocycles. The van der Waals surface area contributed by atoms with E-state index in [0.29, 0.717) is 0 Å². The zero-order valence-electron chi connectivity index (χ0n) is 14.9. The van der Waals surface area contributed by atoms with E-state index in [-0.39, 0.29) is 11.4 Å². The summed E-state index contributed by atoms with van der Waals surface area (Å²) in [6.07, 6.45) is 5.39. The summed E-state index contributed by atoms with van der Waals surface area (Å²) >= 11 is 0. The minimum atomic E-state index is -3.52. The molecule has 6 nitrogen and oxygen atoms in total. The molecule has 2 heterocycles. The van der Waals surface area contributed by atoms with Crippen molar-refractivity contribution in [1.29, 1.82) is 0 Å². The predicted octanol–water partition coefficient (Wildman–Crippen LogP) is 2.13. The van der Waals surface area contributed by atoms with Crippen LogP contribution in [0.15, 0.2) is 41.6 Å². The SMILES string of the molecule is CC1CCN(Cc2ccc(CNS(=O)(=O)c3cnn(C)c3)cc2)CC1. The number of aryl methyl sites for hydroxylation is 1. The quantitative estimate of drug-likeness (QED) is 0.855.